The highest BCUT2D eigenvalue weighted by Crippen LogP contribution is 2.23. The van der Waals surface area contributed by atoms with E-state index in [-0.39, 0.29) is 0 Å². The van der Waals surface area contributed by atoms with Crippen molar-refractivity contribution in [2.75, 3.05) is 0 Å². The number of hydrogen-bond acceptors (Lipinski definition) is 2. The van der Waals surface area contributed by atoms with E-state index in [2.05, 4.69) is 9.97 Å². The van der Waals surface area contributed by atoms with E-state index in [0.717, 1.165) is 16.5 Å². The van der Waals surface area contributed by atoms with Crippen molar-refractivity contribution in [2.24, 2.45) is 0 Å². The van der Waals surface area contributed by atoms with Gasteiger partial charge in [-0.2, -0.15) is 0 Å². The first-order valence-electron chi connectivity index (χ1n) is 3.75. The Morgan fingerprint density at radius 1 is 1.23 bits per heavy atom. The SMILES string of the molecule is Cc1cnc2cc(Cl)nc(Cl)c2c1. The minimum atomic E-state index is 0.369. The summed E-state index contributed by atoms with van der Waals surface area (Å²) < 4.78 is 0. The van der Waals surface area contributed by atoms with Gasteiger partial charge in [-0.1, -0.05) is 23.2 Å². The van der Waals surface area contributed by atoms with Crippen LogP contribution in [0.25, 0.3) is 10.9 Å². The molecule has 0 aliphatic rings. The Morgan fingerprint density at radius 3 is 2.77 bits per heavy atom. The standard InChI is InChI=1S/C9H6Cl2N2/c1-5-2-6-7(12-4-5)3-8(10)13-9(6)11/h2-4H,1H3. The lowest BCUT2D eigenvalue weighted by Crippen LogP contribution is -1.85. The molecule has 0 N–H and O–H groups in total. The van der Waals surface area contributed by atoms with Crippen LogP contribution >= 0.6 is 23.2 Å². The molecule has 0 radical (unpaired) electrons. The van der Waals surface area contributed by atoms with Crippen LogP contribution in [-0.4, -0.2) is 9.97 Å². The molecule has 0 saturated heterocycles. The van der Waals surface area contributed by atoms with Gasteiger partial charge < -0.3 is 0 Å². The Labute approximate surface area is 85.5 Å². The lowest BCUT2D eigenvalue weighted by molar-refractivity contribution is 1.29. The Hall–Kier alpha value is -0.860. The molecule has 0 atom stereocenters. The average molecular weight is 213 g/mol. The summed E-state index contributed by atoms with van der Waals surface area (Å²) in [5.74, 6) is 0. The molecule has 0 amide bonds. The van der Waals surface area contributed by atoms with Crippen LogP contribution in [0.5, 0.6) is 0 Å². The first kappa shape index (κ1) is 8.73. The van der Waals surface area contributed by atoms with Crippen molar-refractivity contribution in [3.8, 4) is 0 Å². The molecule has 0 spiro atoms. The molecule has 2 aromatic heterocycles. The van der Waals surface area contributed by atoms with Crippen LogP contribution < -0.4 is 0 Å². The third-order valence-electron chi connectivity index (χ3n) is 1.74. The van der Waals surface area contributed by atoms with Gasteiger partial charge in [0.25, 0.3) is 0 Å². The first-order chi connectivity index (χ1) is 6.16. The maximum Gasteiger partial charge on any atom is 0.140 e. The fourth-order valence-electron chi connectivity index (χ4n) is 1.16. The number of fused-ring (bicyclic) bond motifs is 1. The van der Waals surface area contributed by atoms with Gasteiger partial charge in [0.05, 0.1) is 5.52 Å². The molecular weight excluding hydrogens is 207 g/mol. The van der Waals surface area contributed by atoms with Gasteiger partial charge in [-0.25, -0.2) is 4.98 Å². The van der Waals surface area contributed by atoms with E-state index < -0.39 is 0 Å². The summed E-state index contributed by atoms with van der Waals surface area (Å²) in [4.78, 5) is 8.13. The van der Waals surface area contributed by atoms with Gasteiger partial charge in [-0.3, -0.25) is 4.98 Å². The minimum Gasteiger partial charge on any atom is -0.256 e. The van der Waals surface area contributed by atoms with Crippen LogP contribution in [0, 0.1) is 6.92 Å². The van der Waals surface area contributed by atoms with Gasteiger partial charge >= 0.3 is 0 Å². The van der Waals surface area contributed by atoms with Crippen molar-refractivity contribution >= 4 is 34.1 Å². The number of rotatable bonds is 0. The first-order valence-corrected chi connectivity index (χ1v) is 4.51. The maximum absolute atomic E-state index is 5.90. The van der Waals surface area contributed by atoms with E-state index in [1.807, 2.05) is 13.0 Å². The summed E-state index contributed by atoms with van der Waals surface area (Å²) in [5.41, 5.74) is 1.83. The predicted octanol–water partition coefficient (Wildman–Crippen LogP) is 3.25. The van der Waals surface area contributed by atoms with Gasteiger partial charge in [0, 0.05) is 17.6 Å². The monoisotopic (exact) mass is 212 g/mol. The molecular formula is C9H6Cl2N2. The number of pyridine rings is 2. The molecule has 13 heavy (non-hydrogen) atoms. The summed E-state index contributed by atoms with van der Waals surface area (Å²) >= 11 is 11.6. The molecule has 0 unspecified atom stereocenters. The van der Waals surface area contributed by atoms with Crippen molar-refractivity contribution in [2.45, 2.75) is 6.92 Å². The molecule has 0 saturated carbocycles. The largest absolute Gasteiger partial charge is 0.256 e. The third-order valence-corrected chi connectivity index (χ3v) is 2.22. The van der Waals surface area contributed by atoms with Crippen molar-refractivity contribution in [3.63, 3.8) is 0 Å². The summed E-state index contributed by atoms with van der Waals surface area (Å²) in [6.07, 6.45) is 1.77. The van der Waals surface area contributed by atoms with Crippen LogP contribution in [0.2, 0.25) is 10.3 Å². The molecule has 2 heterocycles. The highest BCUT2D eigenvalue weighted by atomic mass is 35.5. The summed E-state index contributed by atoms with van der Waals surface area (Å²) in [6, 6.07) is 3.64. The molecule has 66 valence electrons. The average Bonchev–Trinajstić information content (AvgIpc) is 2.06. The van der Waals surface area contributed by atoms with Crippen molar-refractivity contribution < 1.29 is 0 Å². The molecule has 0 aromatic carbocycles. The summed E-state index contributed by atoms with van der Waals surface area (Å²) in [7, 11) is 0. The zero-order chi connectivity index (χ0) is 9.42. The van der Waals surface area contributed by atoms with Gasteiger partial charge in [-0.15, -0.1) is 0 Å². The zero-order valence-corrected chi connectivity index (χ0v) is 8.39. The van der Waals surface area contributed by atoms with E-state index in [0.29, 0.717) is 10.3 Å². The topological polar surface area (TPSA) is 25.8 Å². The Kier molecular flexibility index (Phi) is 2.10. The van der Waals surface area contributed by atoms with Crippen LogP contribution in [-0.2, 0) is 0 Å². The third kappa shape index (κ3) is 1.60. The highest BCUT2D eigenvalue weighted by molar-refractivity contribution is 6.36. The van der Waals surface area contributed by atoms with E-state index in [4.69, 9.17) is 23.2 Å². The van der Waals surface area contributed by atoms with Crippen LogP contribution in [0.1, 0.15) is 5.56 Å². The van der Waals surface area contributed by atoms with Crippen LogP contribution in [0.15, 0.2) is 18.3 Å². The van der Waals surface area contributed by atoms with Gasteiger partial charge in [-0.05, 0) is 18.6 Å². The number of aryl methyl sites for hydroxylation is 1. The Balaban J connectivity index is 2.87. The number of hydrogen-bond donors (Lipinski definition) is 0. The van der Waals surface area contributed by atoms with E-state index in [1.165, 1.54) is 0 Å². The van der Waals surface area contributed by atoms with E-state index >= 15 is 0 Å². The molecule has 0 aliphatic carbocycles. The summed E-state index contributed by atoms with van der Waals surface area (Å²) in [5, 5.41) is 1.61. The zero-order valence-electron chi connectivity index (χ0n) is 6.88. The maximum atomic E-state index is 5.90. The van der Waals surface area contributed by atoms with Gasteiger partial charge in [0.15, 0.2) is 0 Å². The Bertz CT molecular complexity index is 468. The lowest BCUT2D eigenvalue weighted by Gasteiger charge is -2.00. The molecule has 0 fully saturated rings. The molecule has 0 aliphatic heterocycles. The normalized spacial score (nSPS) is 10.7. The summed E-state index contributed by atoms with van der Waals surface area (Å²) in [6.45, 7) is 1.96. The molecule has 0 bridgehead atoms. The Morgan fingerprint density at radius 2 is 2.00 bits per heavy atom. The fraction of sp³-hybridized carbons (Fsp3) is 0.111. The quantitative estimate of drug-likeness (QED) is 0.627. The second-order valence-electron chi connectivity index (χ2n) is 2.82. The van der Waals surface area contributed by atoms with E-state index in [9.17, 15) is 0 Å². The minimum absolute atomic E-state index is 0.369. The van der Waals surface area contributed by atoms with Crippen LogP contribution in [0.4, 0.5) is 0 Å². The molecule has 4 heteroatoms. The molecule has 2 aromatic rings. The smallest absolute Gasteiger partial charge is 0.140 e. The van der Waals surface area contributed by atoms with Crippen molar-refractivity contribution in [1.82, 2.24) is 9.97 Å². The lowest BCUT2D eigenvalue weighted by atomic mass is 10.2. The number of nitrogens with zero attached hydrogens (tertiary/aromatic N) is 2. The van der Waals surface area contributed by atoms with E-state index in [1.54, 1.807) is 12.3 Å². The van der Waals surface area contributed by atoms with Crippen molar-refractivity contribution in [1.29, 1.82) is 0 Å². The number of halogens is 2. The highest BCUT2D eigenvalue weighted by Gasteiger charge is 2.03. The molecule has 2 nitrogen and oxygen atoms in total. The molecule has 2 rings (SSSR count). The predicted molar refractivity (Wildman–Crippen MR) is 54.3 cm³/mol. The van der Waals surface area contributed by atoms with Gasteiger partial charge in [0.1, 0.15) is 10.3 Å². The second-order valence-corrected chi connectivity index (χ2v) is 3.56. The van der Waals surface area contributed by atoms with Crippen molar-refractivity contribution in [3.05, 3.63) is 34.2 Å². The fourth-order valence-corrected chi connectivity index (χ4v) is 1.63. The second kappa shape index (κ2) is 3.13. The van der Waals surface area contributed by atoms with Crippen LogP contribution in [0.3, 0.4) is 0 Å². The van der Waals surface area contributed by atoms with Gasteiger partial charge in [0.2, 0.25) is 0 Å². The number of aromatic nitrogens is 2.